The van der Waals surface area contributed by atoms with Crippen LogP contribution in [-0.2, 0) is 13.1 Å². The Hall–Kier alpha value is -4.00. The van der Waals surface area contributed by atoms with Crippen LogP contribution in [0.1, 0.15) is 21.6 Å². The van der Waals surface area contributed by atoms with Gasteiger partial charge in [0.1, 0.15) is 11.5 Å². The van der Waals surface area contributed by atoms with Gasteiger partial charge in [0.15, 0.2) is 11.5 Å². The van der Waals surface area contributed by atoms with Gasteiger partial charge in [-0.25, -0.2) is 4.39 Å². The molecule has 0 aliphatic carbocycles. The predicted octanol–water partition coefficient (Wildman–Crippen LogP) is 4.48. The molecule has 32 heavy (non-hydrogen) atoms. The van der Waals surface area contributed by atoms with E-state index in [1.807, 2.05) is 24.3 Å². The average Bonchev–Trinajstić information content (AvgIpc) is 3.18. The van der Waals surface area contributed by atoms with E-state index < -0.39 is 0 Å². The maximum Gasteiger partial charge on any atom is 0.268 e. The molecule has 0 bridgehead atoms. The Labute approximate surface area is 184 Å². The Kier molecular flexibility index (Phi) is 5.98. The molecule has 0 saturated heterocycles. The van der Waals surface area contributed by atoms with E-state index in [0.29, 0.717) is 16.8 Å². The fourth-order valence-electron chi connectivity index (χ4n) is 3.69. The minimum atomic E-state index is -0.320. The summed E-state index contributed by atoms with van der Waals surface area (Å²) in [6.07, 6.45) is 0. The molecule has 0 saturated carbocycles. The molecular formula is C25H23FN2O4. The Morgan fingerprint density at radius 2 is 1.66 bits per heavy atom. The molecule has 0 atom stereocenters. The highest BCUT2D eigenvalue weighted by Crippen LogP contribution is 2.37. The summed E-state index contributed by atoms with van der Waals surface area (Å²) in [6, 6.07) is 19.2. The van der Waals surface area contributed by atoms with Gasteiger partial charge in [0.05, 0.1) is 20.8 Å². The molecule has 0 unspecified atom stereocenters. The van der Waals surface area contributed by atoms with E-state index in [1.54, 1.807) is 41.0 Å². The van der Waals surface area contributed by atoms with E-state index in [4.69, 9.17) is 9.47 Å². The third-order valence-corrected chi connectivity index (χ3v) is 5.32. The van der Waals surface area contributed by atoms with Crippen LogP contribution in [0.2, 0.25) is 0 Å². The number of aromatic hydroxyl groups is 1. The second kappa shape index (κ2) is 9.01. The first kappa shape index (κ1) is 21.2. The molecule has 2 N–H and O–H groups in total. The first-order chi connectivity index (χ1) is 15.5. The number of fused-ring (bicyclic) bond motifs is 1. The number of phenols is 1. The Balaban J connectivity index is 1.64. The standard InChI is InChI=1S/C25H23FN2O4/c1-31-22-11-16(12-23(32-2)24(22)29)14-27-25(30)21-13-17-7-4-6-10-20(17)28(21)15-18-8-3-5-9-19(18)26/h3-13,29H,14-15H2,1-2H3,(H,27,30). The fraction of sp³-hybridized carbons (Fsp3) is 0.160. The number of hydrogen-bond acceptors (Lipinski definition) is 4. The maximum atomic E-state index is 14.3. The highest BCUT2D eigenvalue weighted by molar-refractivity contribution is 5.98. The number of ether oxygens (including phenoxy) is 2. The molecule has 164 valence electrons. The molecule has 3 aromatic carbocycles. The van der Waals surface area contributed by atoms with Crippen molar-refractivity contribution in [3.63, 3.8) is 0 Å². The van der Waals surface area contributed by atoms with Crippen molar-refractivity contribution in [2.24, 2.45) is 0 Å². The number of methoxy groups -OCH3 is 2. The van der Waals surface area contributed by atoms with Crippen molar-refractivity contribution >= 4 is 16.8 Å². The Bertz CT molecular complexity index is 1260. The number of nitrogens with one attached hydrogen (secondary N) is 1. The zero-order chi connectivity index (χ0) is 22.7. The van der Waals surface area contributed by atoms with Crippen LogP contribution in [-0.4, -0.2) is 29.8 Å². The molecule has 7 heteroatoms. The van der Waals surface area contributed by atoms with Gasteiger partial charge < -0.3 is 24.5 Å². The summed E-state index contributed by atoms with van der Waals surface area (Å²) in [4.78, 5) is 13.1. The lowest BCUT2D eigenvalue weighted by Gasteiger charge is -2.14. The zero-order valence-electron chi connectivity index (χ0n) is 17.8. The van der Waals surface area contributed by atoms with Gasteiger partial charge in [0.25, 0.3) is 5.91 Å². The van der Waals surface area contributed by atoms with Gasteiger partial charge in [-0.15, -0.1) is 0 Å². The third kappa shape index (κ3) is 4.09. The van der Waals surface area contributed by atoms with Crippen molar-refractivity contribution in [2.75, 3.05) is 14.2 Å². The van der Waals surface area contributed by atoms with Gasteiger partial charge in [0, 0.05) is 23.0 Å². The lowest BCUT2D eigenvalue weighted by molar-refractivity contribution is 0.0942. The summed E-state index contributed by atoms with van der Waals surface area (Å²) < 4.78 is 26.5. The second-order valence-electron chi connectivity index (χ2n) is 7.30. The number of carbonyl (C=O) groups excluding carboxylic acids is 1. The van der Waals surface area contributed by atoms with Gasteiger partial charge in [0.2, 0.25) is 5.75 Å². The van der Waals surface area contributed by atoms with Crippen molar-refractivity contribution in [3.05, 3.63) is 89.4 Å². The van der Waals surface area contributed by atoms with Gasteiger partial charge in [-0.1, -0.05) is 36.4 Å². The number of amides is 1. The van der Waals surface area contributed by atoms with E-state index in [-0.39, 0.29) is 42.1 Å². The summed E-state index contributed by atoms with van der Waals surface area (Å²) >= 11 is 0. The SMILES string of the molecule is COc1cc(CNC(=O)c2cc3ccccc3n2Cc2ccccc2F)cc(OC)c1O. The summed E-state index contributed by atoms with van der Waals surface area (Å²) in [5.74, 6) is -0.219. The van der Waals surface area contributed by atoms with Crippen LogP contribution < -0.4 is 14.8 Å². The van der Waals surface area contributed by atoms with E-state index >= 15 is 0 Å². The van der Waals surface area contributed by atoms with Crippen molar-refractivity contribution in [1.29, 1.82) is 0 Å². The summed E-state index contributed by atoms with van der Waals surface area (Å²) in [7, 11) is 2.88. The molecule has 1 aromatic heterocycles. The number of aromatic nitrogens is 1. The molecule has 1 heterocycles. The topological polar surface area (TPSA) is 72.7 Å². The van der Waals surface area contributed by atoms with Gasteiger partial charge in [-0.3, -0.25) is 4.79 Å². The van der Waals surface area contributed by atoms with E-state index in [2.05, 4.69) is 5.32 Å². The second-order valence-corrected chi connectivity index (χ2v) is 7.30. The van der Waals surface area contributed by atoms with E-state index in [9.17, 15) is 14.3 Å². The maximum absolute atomic E-state index is 14.3. The summed E-state index contributed by atoms with van der Waals surface area (Å²) in [5, 5.41) is 13.9. The molecule has 4 aromatic rings. The number of hydrogen-bond donors (Lipinski definition) is 2. The highest BCUT2D eigenvalue weighted by Gasteiger charge is 2.18. The highest BCUT2D eigenvalue weighted by atomic mass is 19.1. The molecular weight excluding hydrogens is 411 g/mol. The number of rotatable bonds is 7. The minimum absolute atomic E-state index is 0.102. The van der Waals surface area contributed by atoms with Crippen LogP contribution >= 0.6 is 0 Å². The number of phenolic OH excluding ortho intramolecular Hbond substituents is 1. The molecule has 4 rings (SSSR count). The summed E-state index contributed by atoms with van der Waals surface area (Å²) in [6.45, 7) is 0.414. The molecule has 0 spiro atoms. The lowest BCUT2D eigenvalue weighted by Crippen LogP contribution is -2.25. The third-order valence-electron chi connectivity index (χ3n) is 5.32. The van der Waals surface area contributed by atoms with Crippen LogP contribution in [0.15, 0.2) is 66.7 Å². The van der Waals surface area contributed by atoms with Crippen LogP contribution in [0.25, 0.3) is 10.9 Å². The van der Waals surface area contributed by atoms with Gasteiger partial charge in [-0.2, -0.15) is 0 Å². The van der Waals surface area contributed by atoms with Crippen LogP contribution in [0.5, 0.6) is 17.2 Å². The van der Waals surface area contributed by atoms with Crippen LogP contribution in [0.4, 0.5) is 4.39 Å². The molecule has 0 radical (unpaired) electrons. The number of halogens is 1. The largest absolute Gasteiger partial charge is 0.502 e. The van der Waals surface area contributed by atoms with E-state index in [0.717, 1.165) is 10.9 Å². The quantitative estimate of drug-likeness (QED) is 0.450. The van der Waals surface area contributed by atoms with Gasteiger partial charge in [-0.05, 0) is 35.9 Å². The number of para-hydroxylation sites is 1. The molecule has 6 nitrogen and oxygen atoms in total. The molecule has 1 amide bonds. The number of carbonyl (C=O) groups is 1. The average molecular weight is 434 g/mol. The van der Waals surface area contributed by atoms with Crippen molar-refractivity contribution in [1.82, 2.24) is 9.88 Å². The molecule has 0 aliphatic rings. The zero-order valence-corrected chi connectivity index (χ0v) is 17.8. The van der Waals surface area contributed by atoms with E-state index in [1.165, 1.54) is 20.3 Å². The summed E-state index contributed by atoms with van der Waals surface area (Å²) in [5.41, 5.74) is 2.46. The number of nitrogens with zero attached hydrogens (tertiary/aromatic N) is 1. The Morgan fingerprint density at radius 3 is 2.34 bits per heavy atom. The molecule has 0 aliphatic heterocycles. The first-order valence-electron chi connectivity index (χ1n) is 10.1. The fourth-order valence-corrected chi connectivity index (χ4v) is 3.69. The molecule has 0 fully saturated rings. The van der Waals surface area contributed by atoms with Gasteiger partial charge >= 0.3 is 0 Å². The lowest BCUT2D eigenvalue weighted by atomic mass is 10.1. The van der Waals surface area contributed by atoms with Crippen LogP contribution in [0, 0.1) is 5.82 Å². The van der Waals surface area contributed by atoms with Crippen molar-refractivity contribution in [2.45, 2.75) is 13.1 Å². The monoisotopic (exact) mass is 434 g/mol. The first-order valence-corrected chi connectivity index (χ1v) is 10.1. The van der Waals surface area contributed by atoms with Crippen molar-refractivity contribution in [3.8, 4) is 17.2 Å². The van der Waals surface area contributed by atoms with Crippen molar-refractivity contribution < 1.29 is 23.8 Å². The normalized spacial score (nSPS) is 10.8. The minimum Gasteiger partial charge on any atom is -0.502 e. The number of benzene rings is 3. The smallest absolute Gasteiger partial charge is 0.268 e. The predicted molar refractivity (Wildman–Crippen MR) is 120 cm³/mol. The Morgan fingerprint density at radius 1 is 1.00 bits per heavy atom. The van der Waals surface area contributed by atoms with Crippen LogP contribution in [0.3, 0.4) is 0 Å².